The van der Waals surface area contributed by atoms with E-state index in [9.17, 15) is 4.79 Å². The van der Waals surface area contributed by atoms with Crippen LogP contribution >= 0.6 is 12.2 Å². The second-order valence-corrected chi connectivity index (χ2v) is 5.42. The predicted octanol–water partition coefficient (Wildman–Crippen LogP) is 0.835. The molecule has 1 aliphatic carbocycles. The van der Waals surface area contributed by atoms with Gasteiger partial charge in [-0.3, -0.25) is 9.48 Å². The quantitative estimate of drug-likeness (QED) is 0.820. The molecule has 18 heavy (non-hydrogen) atoms. The number of thiocarbonyl (C=S) groups is 1. The Morgan fingerprint density at radius 2 is 2.33 bits per heavy atom. The second-order valence-electron chi connectivity index (χ2n) is 4.98. The summed E-state index contributed by atoms with van der Waals surface area (Å²) in [4.78, 5) is 14.5. The van der Waals surface area contributed by atoms with Gasteiger partial charge in [-0.25, -0.2) is 0 Å². The lowest BCUT2D eigenvalue weighted by molar-refractivity contribution is -0.141. The molecule has 1 aromatic rings. The van der Waals surface area contributed by atoms with Crippen molar-refractivity contribution < 1.29 is 4.79 Å². The van der Waals surface area contributed by atoms with Crippen LogP contribution in [0.3, 0.4) is 0 Å². The van der Waals surface area contributed by atoms with Crippen molar-refractivity contribution in [3.05, 3.63) is 18.0 Å². The van der Waals surface area contributed by atoms with E-state index in [0.29, 0.717) is 11.5 Å². The predicted molar refractivity (Wildman–Crippen MR) is 72.8 cm³/mol. The van der Waals surface area contributed by atoms with Crippen LogP contribution in [0.1, 0.15) is 24.8 Å². The number of hydrogen-bond acceptors (Lipinski definition) is 3. The molecular weight excluding hydrogens is 248 g/mol. The van der Waals surface area contributed by atoms with Gasteiger partial charge in [0.2, 0.25) is 5.91 Å². The lowest BCUT2D eigenvalue weighted by Gasteiger charge is -2.41. The molecule has 1 aliphatic rings. The van der Waals surface area contributed by atoms with Gasteiger partial charge in [-0.15, -0.1) is 0 Å². The maximum Gasteiger partial charge on any atom is 0.235 e. The molecule has 0 spiro atoms. The monoisotopic (exact) mass is 266 g/mol. The van der Waals surface area contributed by atoms with E-state index in [1.54, 1.807) is 22.8 Å². The Labute approximate surface area is 112 Å². The largest absolute Gasteiger partial charge is 0.392 e. The first-order valence-corrected chi connectivity index (χ1v) is 6.39. The second kappa shape index (κ2) is 4.68. The van der Waals surface area contributed by atoms with Crippen LogP contribution in [-0.4, -0.2) is 32.6 Å². The summed E-state index contributed by atoms with van der Waals surface area (Å²) < 4.78 is 1.72. The topological polar surface area (TPSA) is 64.2 Å². The standard InChI is InChI=1S/C12H18N4OS/c1-15(7-9-6-14-16(2)8-9)11(17)12(10(13)18)4-3-5-12/h6,8H,3-5,7H2,1-2H3,(H2,13,18). The number of nitrogens with zero attached hydrogens (tertiary/aromatic N) is 3. The van der Waals surface area contributed by atoms with Crippen LogP contribution in [0.2, 0.25) is 0 Å². The Balaban J connectivity index is 2.07. The Morgan fingerprint density at radius 1 is 1.67 bits per heavy atom. The molecular formula is C12H18N4OS. The van der Waals surface area contributed by atoms with Gasteiger partial charge in [0.1, 0.15) is 0 Å². The lowest BCUT2D eigenvalue weighted by atomic mass is 9.67. The van der Waals surface area contributed by atoms with Gasteiger partial charge in [0.15, 0.2) is 0 Å². The van der Waals surface area contributed by atoms with E-state index in [-0.39, 0.29) is 5.91 Å². The van der Waals surface area contributed by atoms with E-state index >= 15 is 0 Å². The normalized spacial score (nSPS) is 17.0. The highest BCUT2D eigenvalue weighted by Crippen LogP contribution is 2.42. The van der Waals surface area contributed by atoms with Crippen molar-refractivity contribution >= 4 is 23.1 Å². The maximum atomic E-state index is 12.4. The number of carbonyl (C=O) groups excluding carboxylic acids is 1. The molecule has 0 atom stereocenters. The molecule has 2 rings (SSSR count). The number of hydrogen-bond donors (Lipinski definition) is 1. The fourth-order valence-corrected chi connectivity index (χ4v) is 2.65. The zero-order chi connectivity index (χ0) is 13.3. The summed E-state index contributed by atoms with van der Waals surface area (Å²) in [6.45, 7) is 0.539. The zero-order valence-electron chi connectivity index (χ0n) is 10.7. The molecule has 6 heteroatoms. The van der Waals surface area contributed by atoms with E-state index in [4.69, 9.17) is 18.0 Å². The Morgan fingerprint density at radius 3 is 2.72 bits per heavy atom. The van der Waals surface area contributed by atoms with Gasteiger partial charge in [-0.1, -0.05) is 18.6 Å². The molecule has 0 radical (unpaired) electrons. The van der Waals surface area contributed by atoms with E-state index in [1.165, 1.54) is 0 Å². The third-order valence-corrected chi connectivity index (χ3v) is 4.00. The van der Waals surface area contributed by atoms with Crippen LogP contribution in [0.4, 0.5) is 0 Å². The minimum Gasteiger partial charge on any atom is -0.392 e. The fourth-order valence-electron chi connectivity index (χ4n) is 2.36. The highest BCUT2D eigenvalue weighted by atomic mass is 32.1. The summed E-state index contributed by atoms with van der Waals surface area (Å²) in [6.07, 6.45) is 6.23. The highest BCUT2D eigenvalue weighted by Gasteiger charge is 2.48. The van der Waals surface area contributed by atoms with Crippen molar-refractivity contribution in [2.75, 3.05) is 7.05 Å². The average Bonchev–Trinajstić information content (AvgIpc) is 2.61. The smallest absolute Gasteiger partial charge is 0.235 e. The molecule has 0 aliphatic heterocycles. The van der Waals surface area contributed by atoms with Gasteiger partial charge < -0.3 is 10.6 Å². The number of nitrogens with two attached hydrogens (primary N) is 1. The molecule has 0 saturated heterocycles. The third kappa shape index (κ3) is 2.12. The van der Waals surface area contributed by atoms with Crippen molar-refractivity contribution in [2.45, 2.75) is 25.8 Å². The molecule has 2 N–H and O–H groups in total. The van der Waals surface area contributed by atoms with Crippen molar-refractivity contribution in [3.8, 4) is 0 Å². The van der Waals surface area contributed by atoms with Crippen molar-refractivity contribution in [3.63, 3.8) is 0 Å². The van der Waals surface area contributed by atoms with Gasteiger partial charge in [0.25, 0.3) is 0 Å². The number of aryl methyl sites for hydroxylation is 1. The van der Waals surface area contributed by atoms with Gasteiger partial charge in [0.05, 0.1) is 16.6 Å². The summed E-state index contributed by atoms with van der Waals surface area (Å²) in [6, 6.07) is 0. The van der Waals surface area contributed by atoms with Crippen LogP contribution in [0, 0.1) is 5.41 Å². The molecule has 0 aromatic carbocycles. The van der Waals surface area contributed by atoms with Crippen molar-refractivity contribution in [1.82, 2.24) is 14.7 Å². The SMILES string of the molecule is CN(Cc1cnn(C)c1)C(=O)C1(C(N)=S)CCC1. The van der Waals surface area contributed by atoms with E-state index < -0.39 is 5.41 Å². The molecule has 1 heterocycles. The van der Waals surface area contributed by atoms with Gasteiger partial charge >= 0.3 is 0 Å². The first-order valence-electron chi connectivity index (χ1n) is 5.99. The summed E-state index contributed by atoms with van der Waals surface area (Å²) in [5.41, 5.74) is 6.15. The number of aromatic nitrogens is 2. The molecule has 1 saturated carbocycles. The lowest BCUT2D eigenvalue weighted by Crippen LogP contribution is -2.53. The van der Waals surface area contributed by atoms with E-state index in [0.717, 1.165) is 24.8 Å². The molecule has 1 amide bonds. The van der Waals surface area contributed by atoms with Crippen LogP contribution in [0.15, 0.2) is 12.4 Å². The minimum absolute atomic E-state index is 0.0325. The molecule has 1 fully saturated rings. The van der Waals surface area contributed by atoms with Crippen LogP contribution < -0.4 is 5.73 Å². The van der Waals surface area contributed by atoms with Crippen molar-refractivity contribution in [1.29, 1.82) is 0 Å². The number of amides is 1. The summed E-state index contributed by atoms with van der Waals surface area (Å²) in [5, 5.41) is 4.09. The van der Waals surface area contributed by atoms with Gasteiger partial charge in [-0.2, -0.15) is 5.10 Å². The van der Waals surface area contributed by atoms with Crippen molar-refractivity contribution in [2.24, 2.45) is 18.2 Å². The summed E-state index contributed by atoms with van der Waals surface area (Å²) in [5.74, 6) is 0.0325. The van der Waals surface area contributed by atoms with Crippen LogP contribution in [0.25, 0.3) is 0 Å². The Hall–Kier alpha value is -1.43. The van der Waals surface area contributed by atoms with Gasteiger partial charge in [0, 0.05) is 32.4 Å². The Bertz CT molecular complexity index is 478. The Kier molecular flexibility index (Phi) is 3.38. The molecule has 0 bridgehead atoms. The van der Waals surface area contributed by atoms with Gasteiger partial charge in [-0.05, 0) is 12.8 Å². The third-order valence-electron chi connectivity index (χ3n) is 3.61. The van der Waals surface area contributed by atoms with E-state index in [2.05, 4.69) is 5.10 Å². The van der Waals surface area contributed by atoms with E-state index in [1.807, 2.05) is 13.2 Å². The fraction of sp³-hybridized carbons (Fsp3) is 0.583. The maximum absolute atomic E-state index is 12.4. The number of carbonyl (C=O) groups is 1. The summed E-state index contributed by atoms with van der Waals surface area (Å²) in [7, 11) is 3.64. The molecule has 0 unspecified atom stereocenters. The number of rotatable bonds is 4. The molecule has 5 nitrogen and oxygen atoms in total. The highest BCUT2D eigenvalue weighted by molar-refractivity contribution is 7.80. The van der Waals surface area contributed by atoms with Crippen LogP contribution in [-0.2, 0) is 18.4 Å². The molecule has 1 aromatic heterocycles. The first kappa shape index (κ1) is 13.0. The average molecular weight is 266 g/mol. The summed E-state index contributed by atoms with van der Waals surface area (Å²) >= 11 is 5.06. The zero-order valence-corrected chi connectivity index (χ0v) is 11.5. The minimum atomic E-state index is -0.591. The van der Waals surface area contributed by atoms with Crippen LogP contribution in [0.5, 0.6) is 0 Å². The first-order chi connectivity index (χ1) is 8.45. The molecule has 98 valence electrons.